The van der Waals surface area contributed by atoms with Gasteiger partial charge in [0.05, 0.1) is 13.2 Å². The molecule has 2 aromatic carbocycles. The highest BCUT2D eigenvalue weighted by Gasteiger charge is 1.93. The van der Waals surface area contributed by atoms with Gasteiger partial charge in [0.1, 0.15) is 0 Å². The first-order valence-electron chi connectivity index (χ1n) is 5.11. The van der Waals surface area contributed by atoms with Crippen molar-refractivity contribution >= 4 is 0 Å². The molecule has 84 valence electrons. The second kappa shape index (κ2) is 6.75. The van der Waals surface area contributed by atoms with E-state index in [9.17, 15) is 0 Å². The predicted octanol–water partition coefficient (Wildman–Crippen LogP) is 3.56. The van der Waals surface area contributed by atoms with E-state index >= 15 is 0 Å². The molecule has 2 heteroatoms. The van der Waals surface area contributed by atoms with Crippen LogP contribution in [0.15, 0.2) is 60.7 Å². The van der Waals surface area contributed by atoms with Crippen molar-refractivity contribution < 1.29 is 9.44 Å². The highest BCUT2D eigenvalue weighted by molar-refractivity contribution is 5.15. The standard InChI is InChI=1S/C14H14O.FH/c1-3-7-13(8-4-1)11-15-12-14-9-5-2-6-10-14;/h1-10H,11-12H2;1H. The van der Waals surface area contributed by atoms with E-state index in [4.69, 9.17) is 4.74 Å². The number of ether oxygens (including phenoxy) is 1. The summed E-state index contributed by atoms with van der Waals surface area (Å²) in [5, 5.41) is 0. The maximum absolute atomic E-state index is 5.61. The van der Waals surface area contributed by atoms with E-state index in [0.717, 1.165) is 0 Å². The average molecular weight is 218 g/mol. The Hall–Kier alpha value is -1.67. The van der Waals surface area contributed by atoms with Gasteiger partial charge < -0.3 is 4.74 Å². The van der Waals surface area contributed by atoms with Gasteiger partial charge in [0, 0.05) is 0 Å². The number of benzene rings is 2. The Labute approximate surface area is 95.1 Å². The van der Waals surface area contributed by atoms with Crippen LogP contribution in [0, 0.1) is 0 Å². The molecule has 0 aromatic heterocycles. The normalized spacial score (nSPS) is 9.50. The van der Waals surface area contributed by atoms with Gasteiger partial charge in [0.25, 0.3) is 0 Å². The van der Waals surface area contributed by atoms with E-state index in [1.54, 1.807) is 0 Å². The minimum absolute atomic E-state index is 0. The van der Waals surface area contributed by atoms with Crippen LogP contribution in [0.25, 0.3) is 0 Å². The smallest absolute Gasteiger partial charge is 0.0721 e. The summed E-state index contributed by atoms with van der Waals surface area (Å²) in [7, 11) is 0. The van der Waals surface area contributed by atoms with Crippen molar-refractivity contribution in [1.29, 1.82) is 0 Å². The molecule has 1 nitrogen and oxygen atoms in total. The number of halogens is 1. The molecule has 0 bridgehead atoms. The van der Waals surface area contributed by atoms with Crippen molar-refractivity contribution in [1.82, 2.24) is 0 Å². The summed E-state index contributed by atoms with van der Waals surface area (Å²) < 4.78 is 5.61. The molecule has 0 aliphatic heterocycles. The topological polar surface area (TPSA) is 9.23 Å². The van der Waals surface area contributed by atoms with E-state index in [1.165, 1.54) is 11.1 Å². The van der Waals surface area contributed by atoms with Crippen LogP contribution in [0.5, 0.6) is 0 Å². The minimum atomic E-state index is 0. The van der Waals surface area contributed by atoms with E-state index in [1.807, 2.05) is 36.4 Å². The van der Waals surface area contributed by atoms with Crippen LogP contribution in [-0.2, 0) is 18.0 Å². The van der Waals surface area contributed by atoms with Crippen molar-refractivity contribution in [2.24, 2.45) is 0 Å². The van der Waals surface area contributed by atoms with Gasteiger partial charge in [-0.1, -0.05) is 60.7 Å². The summed E-state index contributed by atoms with van der Waals surface area (Å²) in [6.45, 7) is 1.35. The molecule has 0 atom stereocenters. The van der Waals surface area contributed by atoms with Crippen LogP contribution in [0.2, 0.25) is 0 Å². The van der Waals surface area contributed by atoms with Gasteiger partial charge >= 0.3 is 0 Å². The third kappa shape index (κ3) is 3.83. The van der Waals surface area contributed by atoms with E-state index in [0.29, 0.717) is 13.2 Å². The molecule has 0 amide bonds. The van der Waals surface area contributed by atoms with Crippen molar-refractivity contribution in [2.75, 3.05) is 0 Å². The first-order valence-corrected chi connectivity index (χ1v) is 5.11. The second-order valence-electron chi connectivity index (χ2n) is 3.46. The summed E-state index contributed by atoms with van der Waals surface area (Å²) in [5.74, 6) is 0. The lowest BCUT2D eigenvalue weighted by Crippen LogP contribution is -1.93. The van der Waals surface area contributed by atoms with Crippen LogP contribution in [-0.4, -0.2) is 0 Å². The molecule has 0 aliphatic carbocycles. The SMILES string of the molecule is F.c1ccc(COCc2ccccc2)cc1. The fraction of sp³-hybridized carbons (Fsp3) is 0.143. The Bertz CT molecular complexity index is 346. The molecule has 0 N–H and O–H groups in total. The summed E-state index contributed by atoms with van der Waals surface area (Å²) in [5.41, 5.74) is 2.43. The Kier molecular flexibility index (Phi) is 5.23. The summed E-state index contributed by atoms with van der Waals surface area (Å²) in [4.78, 5) is 0. The third-order valence-electron chi connectivity index (χ3n) is 2.22. The van der Waals surface area contributed by atoms with Crippen molar-refractivity contribution in [2.45, 2.75) is 13.2 Å². The predicted molar refractivity (Wildman–Crippen MR) is 63.9 cm³/mol. The summed E-state index contributed by atoms with van der Waals surface area (Å²) >= 11 is 0. The lowest BCUT2D eigenvalue weighted by Gasteiger charge is -2.03. The molecular formula is C14H15FO. The van der Waals surface area contributed by atoms with Gasteiger partial charge in [0.15, 0.2) is 0 Å². The largest absolute Gasteiger partial charge is 0.372 e. The highest BCUT2D eigenvalue weighted by atomic mass is 19.0. The zero-order valence-corrected chi connectivity index (χ0v) is 9.00. The summed E-state index contributed by atoms with van der Waals surface area (Å²) in [6.07, 6.45) is 0. The minimum Gasteiger partial charge on any atom is -0.372 e. The summed E-state index contributed by atoms with van der Waals surface area (Å²) in [6, 6.07) is 20.4. The maximum Gasteiger partial charge on any atom is 0.0721 e. The monoisotopic (exact) mass is 218 g/mol. The second-order valence-corrected chi connectivity index (χ2v) is 3.46. The van der Waals surface area contributed by atoms with Crippen molar-refractivity contribution in [3.05, 3.63) is 71.8 Å². The molecule has 0 heterocycles. The number of hydrogen-bond acceptors (Lipinski definition) is 1. The van der Waals surface area contributed by atoms with Crippen molar-refractivity contribution in [3.8, 4) is 0 Å². The lowest BCUT2D eigenvalue weighted by atomic mass is 10.2. The molecule has 16 heavy (non-hydrogen) atoms. The Morgan fingerprint density at radius 3 is 1.38 bits per heavy atom. The third-order valence-corrected chi connectivity index (χ3v) is 2.22. The van der Waals surface area contributed by atoms with Crippen LogP contribution >= 0.6 is 0 Å². The molecule has 0 unspecified atom stereocenters. The molecule has 0 radical (unpaired) electrons. The van der Waals surface area contributed by atoms with E-state index < -0.39 is 0 Å². The quantitative estimate of drug-likeness (QED) is 0.762. The van der Waals surface area contributed by atoms with Gasteiger partial charge in [-0.2, -0.15) is 0 Å². The molecule has 0 saturated carbocycles. The fourth-order valence-electron chi connectivity index (χ4n) is 1.44. The zero-order valence-electron chi connectivity index (χ0n) is 9.00. The van der Waals surface area contributed by atoms with Gasteiger partial charge in [-0.05, 0) is 11.1 Å². The van der Waals surface area contributed by atoms with Crippen LogP contribution in [0.3, 0.4) is 0 Å². The Balaban J connectivity index is 0.00000128. The molecule has 2 aromatic rings. The highest BCUT2D eigenvalue weighted by Crippen LogP contribution is 2.05. The van der Waals surface area contributed by atoms with Gasteiger partial charge in [-0.3, -0.25) is 4.70 Å². The van der Waals surface area contributed by atoms with Gasteiger partial charge in [0.2, 0.25) is 0 Å². The lowest BCUT2D eigenvalue weighted by molar-refractivity contribution is 0.107. The fourth-order valence-corrected chi connectivity index (χ4v) is 1.44. The van der Waals surface area contributed by atoms with E-state index in [-0.39, 0.29) is 4.70 Å². The number of rotatable bonds is 4. The average Bonchev–Trinajstić information content (AvgIpc) is 2.32. The van der Waals surface area contributed by atoms with Gasteiger partial charge in [-0.25, -0.2) is 0 Å². The van der Waals surface area contributed by atoms with Crippen LogP contribution in [0.1, 0.15) is 11.1 Å². The molecule has 0 spiro atoms. The molecule has 0 fully saturated rings. The molecule has 0 aliphatic rings. The van der Waals surface area contributed by atoms with Crippen molar-refractivity contribution in [3.63, 3.8) is 0 Å². The molecular weight excluding hydrogens is 203 g/mol. The first-order chi connectivity index (χ1) is 7.45. The Morgan fingerprint density at radius 2 is 1.00 bits per heavy atom. The van der Waals surface area contributed by atoms with Crippen LogP contribution in [0.4, 0.5) is 4.70 Å². The Morgan fingerprint density at radius 1 is 0.625 bits per heavy atom. The molecule has 0 saturated heterocycles. The van der Waals surface area contributed by atoms with Crippen LogP contribution < -0.4 is 0 Å². The number of hydrogen-bond donors (Lipinski definition) is 0. The van der Waals surface area contributed by atoms with Gasteiger partial charge in [-0.15, -0.1) is 0 Å². The maximum atomic E-state index is 5.61. The molecule has 2 rings (SSSR count). The zero-order chi connectivity index (χ0) is 10.3. The first kappa shape index (κ1) is 12.4. The van der Waals surface area contributed by atoms with E-state index in [2.05, 4.69) is 24.3 Å².